The predicted octanol–water partition coefficient (Wildman–Crippen LogP) is 3.51. The van der Waals surface area contributed by atoms with E-state index in [2.05, 4.69) is 21.2 Å². The Morgan fingerprint density at radius 3 is 2.69 bits per heavy atom. The van der Waals surface area contributed by atoms with Crippen molar-refractivity contribution in [1.82, 2.24) is 5.32 Å². The molecule has 4 heteroatoms. The van der Waals surface area contributed by atoms with Crippen molar-refractivity contribution < 1.29 is 9.18 Å². The van der Waals surface area contributed by atoms with Gasteiger partial charge >= 0.3 is 0 Å². The van der Waals surface area contributed by atoms with Gasteiger partial charge in [0.25, 0.3) is 5.91 Å². The average molecular weight is 288 g/mol. The third kappa shape index (κ3) is 3.30. The van der Waals surface area contributed by atoms with Gasteiger partial charge in [-0.1, -0.05) is 22.9 Å². The number of benzene rings is 1. The third-order valence-corrected chi connectivity index (χ3v) is 3.00. The summed E-state index contributed by atoms with van der Waals surface area (Å²) in [5.41, 5.74) is -0.262. The lowest BCUT2D eigenvalue weighted by atomic mass is 10.0. The maximum Gasteiger partial charge on any atom is 0.254 e. The molecule has 0 spiro atoms. The van der Waals surface area contributed by atoms with Crippen molar-refractivity contribution in [2.75, 3.05) is 0 Å². The van der Waals surface area contributed by atoms with Crippen LogP contribution in [0.15, 0.2) is 22.7 Å². The number of hydrogen-bond acceptors (Lipinski definition) is 1. The Hall–Kier alpha value is -0.900. The monoisotopic (exact) mass is 287 g/mol. The van der Waals surface area contributed by atoms with Gasteiger partial charge in [-0.15, -0.1) is 0 Å². The first kappa shape index (κ1) is 13.2. The van der Waals surface area contributed by atoms with Crippen LogP contribution in [0.2, 0.25) is 0 Å². The molecule has 0 bridgehead atoms. The molecule has 1 aromatic rings. The van der Waals surface area contributed by atoms with E-state index >= 15 is 0 Å². The molecule has 0 saturated carbocycles. The average Bonchev–Trinajstić information content (AvgIpc) is 2.21. The van der Waals surface area contributed by atoms with E-state index in [1.807, 2.05) is 20.8 Å². The van der Waals surface area contributed by atoms with Gasteiger partial charge in [0.2, 0.25) is 0 Å². The number of rotatable bonds is 3. The van der Waals surface area contributed by atoms with Crippen LogP contribution in [0.5, 0.6) is 0 Å². The first-order valence-corrected chi connectivity index (χ1v) is 5.92. The van der Waals surface area contributed by atoms with Crippen LogP contribution in [0, 0.1) is 5.82 Å². The van der Waals surface area contributed by atoms with E-state index in [1.54, 1.807) is 6.07 Å². The van der Waals surface area contributed by atoms with Gasteiger partial charge in [-0.25, -0.2) is 4.39 Å². The van der Waals surface area contributed by atoms with Crippen molar-refractivity contribution in [2.24, 2.45) is 0 Å². The number of halogens is 2. The molecule has 0 aliphatic heterocycles. The van der Waals surface area contributed by atoms with Crippen molar-refractivity contribution in [1.29, 1.82) is 0 Å². The summed E-state index contributed by atoms with van der Waals surface area (Å²) >= 11 is 3.21. The molecule has 0 fully saturated rings. The minimum absolute atomic E-state index is 0.0656. The van der Waals surface area contributed by atoms with Crippen molar-refractivity contribution in [3.63, 3.8) is 0 Å². The summed E-state index contributed by atoms with van der Waals surface area (Å²) in [6.45, 7) is 5.78. The second kappa shape index (κ2) is 4.95. The van der Waals surface area contributed by atoms with Gasteiger partial charge < -0.3 is 5.32 Å². The predicted molar refractivity (Wildman–Crippen MR) is 65.9 cm³/mol. The van der Waals surface area contributed by atoms with E-state index in [4.69, 9.17) is 0 Å². The second-order valence-electron chi connectivity index (χ2n) is 4.32. The normalized spacial score (nSPS) is 11.3. The molecule has 0 saturated heterocycles. The van der Waals surface area contributed by atoms with Gasteiger partial charge in [0.1, 0.15) is 5.82 Å². The van der Waals surface area contributed by atoms with Gasteiger partial charge in [0.05, 0.1) is 5.56 Å². The van der Waals surface area contributed by atoms with Crippen LogP contribution in [0.3, 0.4) is 0 Å². The van der Waals surface area contributed by atoms with E-state index in [9.17, 15) is 9.18 Å². The molecule has 1 N–H and O–H groups in total. The molecular formula is C12H15BrFNO. The minimum atomic E-state index is -0.507. The van der Waals surface area contributed by atoms with Crippen LogP contribution in [-0.2, 0) is 0 Å². The van der Waals surface area contributed by atoms with Gasteiger partial charge in [-0.3, -0.25) is 4.79 Å². The molecule has 0 heterocycles. The summed E-state index contributed by atoms with van der Waals surface area (Å²) in [5.74, 6) is -0.891. The quantitative estimate of drug-likeness (QED) is 0.906. The topological polar surface area (TPSA) is 29.1 Å². The third-order valence-electron chi connectivity index (χ3n) is 2.51. The highest BCUT2D eigenvalue weighted by atomic mass is 79.9. The summed E-state index contributed by atoms with van der Waals surface area (Å²) in [7, 11) is 0. The Balaban J connectivity index is 2.93. The van der Waals surface area contributed by atoms with Crippen molar-refractivity contribution in [3.05, 3.63) is 34.1 Å². The second-order valence-corrected chi connectivity index (χ2v) is 5.23. The van der Waals surface area contributed by atoms with Gasteiger partial charge in [0.15, 0.2) is 0 Å². The first-order valence-electron chi connectivity index (χ1n) is 5.13. The molecule has 2 nitrogen and oxygen atoms in total. The van der Waals surface area contributed by atoms with Crippen molar-refractivity contribution in [3.8, 4) is 0 Å². The van der Waals surface area contributed by atoms with Gasteiger partial charge in [-0.2, -0.15) is 0 Å². The molecule has 0 aromatic heterocycles. The SMILES string of the molecule is CCC(C)(C)NC(=O)c1cc(Br)ccc1F. The van der Waals surface area contributed by atoms with Crippen LogP contribution in [0.1, 0.15) is 37.6 Å². The van der Waals surface area contributed by atoms with E-state index in [-0.39, 0.29) is 17.0 Å². The van der Waals surface area contributed by atoms with E-state index in [1.165, 1.54) is 12.1 Å². The molecule has 0 radical (unpaired) electrons. The van der Waals surface area contributed by atoms with Crippen LogP contribution in [0.4, 0.5) is 4.39 Å². The molecule has 1 rings (SSSR count). The molecule has 1 amide bonds. The molecule has 16 heavy (non-hydrogen) atoms. The molecular weight excluding hydrogens is 273 g/mol. The van der Waals surface area contributed by atoms with E-state index in [0.29, 0.717) is 4.47 Å². The minimum Gasteiger partial charge on any atom is -0.347 e. The summed E-state index contributed by atoms with van der Waals surface area (Å²) in [6, 6.07) is 4.32. The Morgan fingerprint density at radius 2 is 2.12 bits per heavy atom. The molecule has 0 unspecified atom stereocenters. The van der Waals surface area contributed by atoms with Crippen LogP contribution >= 0.6 is 15.9 Å². The fourth-order valence-corrected chi connectivity index (χ4v) is 1.50. The number of hydrogen-bond donors (Lipinski definition) is 1. The van der Waals surface area contributed by atoms with Crippen molar-refractivity contribution in [2.45, 2.75) is 32.7 Å². The fourth-order valence-electron chi connectivity index (χ4n) is 1.13. The molecule has 0 aliphatic carbocycles. The van der Waals surface area contributed by atoms with Crippen LogP contribution < -0.4 is 5.32 Å². The zero-order chi connectivity index (χ0) is 12.3. The summed E-state index contributed by atoms with van der Waals surface area (Å²) < 4.78 is 14.1. The highest BCUT2D eigenvalue weighted by molar-refractivity contribution is 9.10. The van der Waals surface area contributed by atoms with Crippen LogP contribution in [0.25, 0.3) is 0 Å². The molecule has 1 aromatic carbocycles. The number of carbonyl (C=O) groups excluding carboxylic acids is 1. The standard InChI is InChI=1S/C12H15BrFNO/c1-4-12(2,3)15-11(16)9-7-8(13)5-6-10(9)14/h5-7H,4H2,1-3H3,(H,15,16). The summed E-state index contributed by atoms with van der Waals surface area (Å²) in [5, 5.41) is 2.79. The first-order chi connectivity index (χ1) is 7.35. The summed E-state index contributed by atoms with van der Waals surface area (Å²) in [6.07, 6.45) is 0.786. The lowest BCUT2D eigenvalue weighted by Gasteiger charge is -2.24. The number of nitrogens with one attached hydrogen (secondary N) is 1. The molecule has 88 valence electrons. The number of carbonyl (C=O) groups is 1. The molecule has 0 aliphatic rings. The lowest BCUT2D eigenvalue weighted by molar-refractivity contribution is 0.0907. The molecule has 0 atom stereocenters. The van der Waals surface area contributed by atoms with Crippen LogP contribution in [-0.4, -0.2) is 11.4 Å². The van der Waals surface area contributed by atoms with Gasteiger partial charge in [-0.05, 0) is 38.5 Å². The zero-order valence-electron chi connectivity index (χ0n) is 9.60. The van der Waals surface area contributed by atoms with Crippen molar-refractivity contribution >= 4 is 21.8 Å². The smallest absolute Gasteiger partial charge is 0.254 e. The Morgan fingerprint density at radius 1 is 1.50 bits per heavy atom. The highest BCUT2D eigenvalue weighted by Crippen LogP contribution is 2.17. The highest BCUT2D eigenvalue weighted by Gasteiger charge is 2.20. The Kier molecular flexibility index (Phi) is 4.08. The lowest BCUT2D eigenvalue weighted by Crippen LogP contribution is -2.43. The Bertz CT molecular complexity index is 404. The van der Waals surface area contributed by atoms with E-state index < -0.39 is 5.82 Å². The zero-order valence-corrected chi connectivity index (χ0v) is 11.2. The maximum atomic E-state index is 13.4. The summed E-state index contributed by atoms with van der Waals surface area (Å²) in [4.78, 5) is 11.8. The largest absolute Gasteiger partial charge is 0.347 e. The Labute approximate surface area is 103 Å². The maximum absolute atomic E-state index is 13.4. The number of amides is 1. The fraction of sp³-hybridized carbons (Fsp3) is 0.417. The van der Waals surface area contributed by atoms with E-state index in [0.717, 1.165) is 6.42 Å². The van der Waals surface area contributed by atoms with Gasteiger partial charge in [0, 0.05) is 10.0 Å².